The Balaban J connectivity index is 2.60. The molecule has 0 aliphatic rings. The summed E-state index contributed by atoms with van der Waals surface area (Å²) < 4.78 is 76.4. The molecule has 0 saturated heterocycles. The molecule has 0 radical (unpaired) electrons. The first-order valence-corrected chi connectivity index (χ1v) is 4.51. The van der Waals surface area contributed by atoms with Gasteiger partial charge in [-0.15, -0.1) is 0 Å². The van der Waals surface area contributed by atoms with E-state index in [2.05, 4.69) is 9.72 Å². The molecular weight excluding hydrogens is 268 g/mol. The summed E-state index contributed by atoms with van der Waals surface area (Å²) >= 11 is 0. The van der Waals surface area contributed by atoms with Crippen molar-refractivity contribution in [2.75, 3.05) is 6.61 Å². The fourth-order valence-electron chi connectivity index (χ4n) is 0.903. The maximum Gasteiger partial charge on any atom is 0.433 e. The second-order valence-electron chi connectivity index (χ2n) is 3.25. The zero-order valence-corrected chi connectivity index (χ0v) is 8.59. The largest absolute Gasteiger partial charge is 0.489 e. The van der Waals surface area contributed by atoms with Crippen LogP contribution in [0, 0.1) is 0 Å². The normalized spacial score (nSPS) is 14.4. The van der Waals surface area contributed by atoms with Gasteiger partial charge in [-0.1, -0.05) is 0 Å². The van der Waals surface area contributed by atoms with Crippen molar-refractivity contribution in [3.05, 3.63) is 24.0 Å². The second kappa shape index (κ2) is 5.01. The molecule has 0 aliphatic heterocycles. The summed E-state index contributed by atoms with van der Waals surface area (Å²) in [6, 6.07) is 1.38. The highest BCUT2D eigenvalue weighted by Crippen LogP contribution is 2.28. The molecule has 18 heavy (non-hydrogen) atoms. The fraction of sp³-hybridized carbons (Fsp3) is 0.444. The lowest BCUT2D eigenvalue weighted by molar-refractivity contribution is -0.210. The number of halogens is 6. The number of rotatable bonds is 3. The SMILES string of the molecule is OC(COc1ccc(C(F)(F)F)nc1)C(F)(F)F. The summed E-state index contributed by atoms with van der Waals surface area (Å²) in [7, 11) is 0. The van der Waals surface area contributed by atoms with E-state index in [1.165, 1.54) is 0 Å². The third-order valence-corrected chi connectivity index (χ3v) is 1.81. The van der Waals surface area contributed by atoms with Crippen molar-refractivity contribution >= 4 is 0 Å². The topological polar surface area (TPSA) is 42.4 Å². The van der Waals surface area contributed by atoms with Crippen molar-refractivity contribution in [2.24, 2.45) is 0 Å². The molecule has 102 valence electrons. The molecule has 1 rings (SSSR count). The summed E-state index contributed by atoms with van der Waals surface area (Å²) in [5.41, 5.74) is -1.19. The highest BCUT2D eigenvalue weighted by molar-refractivity contribution is 5.21. The lowest BCUT2D eigenvalue weighted by atomic mass is 10.3. The van der Waals surface area contributed by atoms with Crippen molar-refractivity contribution in [3.63, 3.8) is 0 Å². The highest BCUT2D eigenvalue weighted by Gasteiger charge is 2.38. The molecule has 0 saturated carbocycles. The van der Waals surface area contributed by atoms with Crippen LogP contribution in [0.15, 0.2) is 18.3 Å². The van der Waals surface area contributed by atoms with Gasteiger partial charge in [-0.25, -0.2) is 4.98 Å². The van der Waals surface area contributed by atoms with Crippen molar-refractivity contribution in [1.29, 1.82) is 0 Å². The molecule has 9 heteroatoms. The summed E-state index contributed by atoms with van der Waals surface area (Å²) in [6.45, 7) is -1.11. The summed E-state index contributed by atoms with van der Waals surface area (Å²) in [4.78, 5) is 2.98. The van der Waals surface area contributed by atoms with Crippen LogP contribution in [0.1, 0.15) is 5.69 Å². The van der Waals surface area contributed by atoms with Crippen molar-refractivity contribution in [2.45, 2.75) is 18.5 Å². The Bertz CT molecular complexity index is 386. The van der Waals surface area contributed by atoms with Crippen LogP contribution in [0.4, 0.5) is 26.3 Å². The van der Waals surface area contributed by atoms with Crippen LogP contribution in [0.5, 0.6) is 5.75 Å². The summed E-state index contributed by atoms with van der Waals surface area (Å²) in [6.07, 6.45) is -11.6. The van der Waals surface area contributed by atoms with Crippen LogP contribution >= 0.6 is 0 Å². The Morgan fingerprint density at radius 3 is 2.17 bits per heavy atom. The van der Waals surface area contributed by atoms with E-state index >= 15 is 0 Å². The quantitative estimate of drug-likeness (QED) is 0.861. The van der Waals surface area contributed by atoms with Gasteiger partial charge in [0, 0.05) is 0 Å². The molecule has 0 aliphatic carbocycles. The standard InChI is InChI=1S/C9H7F6NO2/c10-8(11,12)6-2-1-5(3-16-6)18-4-7(17)9(13,14)15/h1-3,7,17H,4H2. The van der Waals surface area contributed by atoms with E-state index in [-0.39, 0.29) is 5.75 Å². The Kier molecular flexibility index (Phi) is 4.05. The van der Waals surface area contributed by atoms with Gasteiger partial charge in [0.15, 0.2) is 6.10 Å². The number of hydrogen-bond acceptors (Lipinski definition) is 3. The van der Waals surface area contributed by atoms with Gasteiger partial charge in [0.2, 0.25) is 0 Å². The monoisotopic (exact) mass is 275 g/mol. The first kappa shape index (κ1) is 14.6. The molecular formula is C9H7F6NO2. The number of aliphatic hydroxyl groups is 1. The van der Waals surface area contributed by atoms with Crippen molar-refractivity contribution in [3.8, 4) is 5.75 Å². The number of nitrogens with zero attached hydrogens (tertiary/aromatic N) is 1. The molecule has 1 unspecified atom stereocenters. The zero-order chi connectivity index (χ0) is 14.0. The molecule has 0 aromatic carbocycles. The minimum absolute atomic E-state index is 0.300. The third-order valence-electron chi connectivity index (χ3n) is 1.81. The molecule has 3 nitrogen and oxygen atoms in total. The van der Waals surface area contributed by atoms with Crippen LogP contribution in [-0.2, 0) is 6.18 Å². The van der Waals surface area contributed by atoms with Gasteiger partial charge in [-0.2, -0.15) is 26.3 Å². The maximum absolute atomic E-state index is 12.1. The van der Waals surface area contributed by atoms with Crippen LogP contribution in [0.3, 0.4) is 0 Å². The average molecular weight is 275 g/mol. The number of aromatic nitrogens is 1. The third kappa shape index (κ3) is 4.06. The molecule has 0 fully saturated rings. The zero-order valence-electron chi connectivity index (χ0n) is 8.59. The maximum atomic E-state index is 12.1. The van der Waals surface area contributed by atoms with Gasteiger partial charge in [0.1, 0.15) is 18.1 Å². The van der Waals surface area contributed by atoms with Crippen molar-refractivity contribution in [1.82, 2.24) is 4.98 Å². The smallest absolute Gasteiger partial charge is 0.433 e. The van der Waals surface area contributed by atoms with E-state index in [1.54, 1.807) is 0 Å². The first-order valence-electron chi connectivity index (χ1n) is 4.51. The van der Waals surface area contributed by atoms with Gasteiger partial charge in [0.05, 0.1) is 6.20 Å². The van der Waals surface area contributed by atoms with Crippen LogP contribution in [0.2, 0.25) is 0 Å². The molecule has 1 aromatic rings. The predicted octanol–water partition coefficient (Wildman–Crippen LogP) is 2.40. The number of alkyl halides is 6. The molecule has 1 N–H and O–H groups in total. The fourth-order valence-corrected chi connectivity index (χ4v) is 0.903. The van der Waals surface area contributed by atoms with Gasteiger partial charge in [-0.3, -0.25) is 0 Å². The van der Waals surface area contributed by atoms with E-state index in [9.17, 15) is 26.3 Å². The van der Waals surface area contributed by atoms with Crippen LogP contribution in [-0.4, -0.2) is 29.0 Å². The Morgan fingerprint density at radius 2 is 1.78 bits per heavy atom. The number of ether oxygens (including phenoxy) is 1. The minimum atomic E-state index is -4.85. The molecule has 1 aromatic heterocycles. The Morgan fingerprint density at radius 1 is 1.17 bits per heavy atom. The molecule has 0 amide bonds. The van der Waals surface area contributed by atoms with Crippen LogP contribution < -0.4 is 4.74 Å². The minimum Gasteiger partial charge on any atom is -0.489 e. The molecule has 1 heterocycles. The van der Waals surface area contributed by atoms with E-state index in [4.69, 9.17) is 5.11 Å². The lowest BCUT2D eigenvalue weighted by Crippen LogP contribution is -2.34. The summed E-state index contributed by atoms with van der Waals surface area (Å²) in [5, 5.41) is 8.58. The van der Waals surface area contributed by atoms with Crippen molar-refractivity contribution < 1.29 is 36.2 Å². The molecule has 1 atom stereocenters. The van der Waals surface area contributed by atoms with Gasteiger partial charge >= 0.3 is 12.4 Å². The lowest BCUT2D eigenvalue weighted by Gasteiger charge is -2.15. The number of pyridine rings is 1. The Hall–Kier alpha value is -1.51. The van der Waals surface area contributed by atoms with E-state index < -0.39 is 30.8 Å². The first-order chi connectivity index (χ1) is 8.10. The molecule has 0 bridgehead atoms. The van der Waals surface area contributed by atoms with Gasteiger partial charge < -0.3 is 9.84 Å². The van der Waals surface area contributed by atoms with Gasteiger partial charge in [-0.05, 0) is 12.1 Å². The van der Waals surface area contributed by atoms with Gasteiger partial charge in [0.25, 0.3) is 0 Å². The molecule has 0 spiro atoms. The van der Waals surface area contributed by atoms with E-state index in [0.29, 0.717) is 12.3 Å². The predicted molar refractivity (Wildman–Crippen MR) is 46.8 cm³/mol. The highest BCUT2D eigenvalue weighted by atomic mass is 19.4. The summed E-state index contributed by atoms with van der Waals surface area (Å²) in [5.74, 6) is -0.300. The van der Waals surface area contributed by atoms with Crippen LogP contribution in [0.25, 0.3) is 0 Å². The number of hydrogen-bond donors (Lipinski definition) is 1. The Labute approximate surface area is 97.0 Å². The second-order valence-corrected chi connectivity index (χ2v) is 3.25. The number of aliphatic hydroxyl groups excluding tert-OH is 1. The van der Waals surface area contributed by atoms with E-state index in [0.717, 1.165) is 6.07 Å². The average Bonchev–Trinajstić information content (AvgIpc) is 2.24. The van der Waals surface area contributed by atoms with E-state index in [1.807, 2.05) is 0 Å².